The fraction of sp³-hybridized carbons (Fsp3) is 0.130. The van der Waals surface area contributed by atoms with Gasteiger partial charge in [-0.25, -0.2) is 4.98 Å². The summed E-state index contributed by atoms with van der Waals surface area (Å²) in [5, 5.41) is 10.3. The summed E-state index contributed by atoms with van der Waals surface area (Å²) in [6.45, 7) is 4.40. The summed E-state index contributed by atoms with van der Waals surface area (Å²) < 4.78 is 11.3. The number of rotatable bonds is 5. The number of aryl methyl sites for hydroxylation is 1. The third kappa shape index (κ3) is 3.60. The summed E-state index contributed by atoms with van der Waals surface area (Å²) in [6.07, 6.45) is 1.61. The monoisotopic (exact) mass is 372 g/mol. The maximum atomic E-state index is 10.3. The highest BCUT2D eigenvalue weighted by molar-refractivity contribution is 5.88. The second kappa shape index (κ2) is 7.56. The van der Waals surface area contributed by atoms with Gasteiger partial charge in [0.05, 0.1) is 12.3 Å². The molecule has 140 valence electrons. The van der Waals surface area contributed by atoms with Gasteiger partial charge in [0.25, 0.3) is 0 Å². The molecule has 1 N–H and O–H groups in total. The third-order valence-electron chi connectivity index (χ3n) is 4.32. The number of phenols is 1. The van der Waals surface area contributed by atoms with Gasteiger partial charge in [-0.3, -0.25) is 4.99 Å². The number of para-hydroxylation sites is 1. The van der Waals surface area contributed by atoms with E-state index in [4.69, 9.17) is 9.15 Å². The van der Waals surface area contributed by atoms with Gasteiger partial charge in [-0.2, -0.15) is 0 Å². The lowest BCUT2D eigenvalue weighted by Crippen LogP contribution is -1.93. The van der Waals surface area contributed by atoms with Gasteiger partial charge in [-0.15, -0.1) is 0 Å². The van der Waals surface area contributed by atoms with Crippen LogP contribution in [0.2, 0.25) is 0 Å². The third-order valence-corrected chi connectivity index (χ3v) is 4.32. The summed E-state index contributed by atoms with van der Waals surface area (Å²) in [6, 6.07) is 18.9. The molecule has 0 saturated carbocycles. The van der Waals surface area contributed by atoms with Crippen LogP contribution in [0.25, 0.3) is 22.6 Å². The molecule has 0 saturated heterocycles. The number of fused-ring (bicyclic) bond motifs is 1. The minimum atomic E-state index is 0.0792. The number of hydrogen-bond acceptors (Lipinski definition) is 5. The summed E-state index contributed by atoms with van der Waals surface area (Å²) >= 11 is 0. The van der Waals surface area contributed by atoms with Crippen LogP contribution in [0.3, 0.4) is 0 Å². The molecule has 3 aromatic carbocycles. The Morgan fingerprint density at radius 1 is 1.11 bits per heavy atom. The Kier molecular flexibility index (Phi) is 4.81. The van der Waals surface area contributed by atoms with Crippen molar-refractivity contribution >= 4 is 23.0 Å². The second-order valence-electron chi connectivity index (χ2n) is 6.43. The first-order valence-electron chi connectivity index (χ1n) is 9.10. The Morgan fingerprint density at radius 3 is 2.79 bits per heavy atom. The molecule has 0 bridgehead atoms. The molecule has 0 unspecified atom stereocenters. The molecular formula is C23H20N2O3. The van der Waals surface area contributed by atoms with Crippen molar-refractivity contribution in [2.75, 3.05) is 6.61 Å². The van der Waals surface area contributed by atoms with Crippen molar-refractivity contribution in [3.63, 3.8) is 0 Å². The van der Waals surface area contributed by atoms with E-state index in [1.165, 1.54) is 0 Å². The van der Waals surface area contributed by atoms with Gasteiger partial charge in [-0.05, 0) is 50.2 Å². The van der Waals surface area contributed by atoms with Crippen LogP contribution in [0.15, 0.2) is 70.1 Å². The number of phenolic OH excluding ortho intramolecular Hbond substituents is 1. The van der Waals surface area contributed by atoms with E-state index in [0.29, 0.717) is 35.1 Å². The molecule has 1 heterocycles. The van der Waals surface area contributed by atoms with Crippen LogP contribution in [-0.4, -0.2) is 22.9 Å². The summed E-state index contributed by atoms with van der Waals surface area (Å²) in [5.74, 6) is 1.11. The lowest BCUT2D eigenvalue weighted by molar-refractivity contribution is 0.318. The number of oxazole rings is 1. The van der Waals surface area contributed by atoms with Crippen LogP contribution in [0.4, 0.5) is 5.69 Å². The van der Waals surface area contributed by atoms with Crippen LogP contribution in [0.1, 0.15) is 18.1 Å². The zero-order valence-corrected chi connectivity index (χ0v) is 15.7. The quantitative estimate of drug-likeness (QED) is 0.459. The summed E-state index contributed by atoms with van der Waals surface area (Å²) in [5.41, 5.74) is 4.83. The van der Waals surface area contributed by atoms with Crippen molar-refractivity contribution in [1.29, 1.82) is 0 Å². The smallest absolute Gasteiger partial charge is 0.227 e. The Bertz CT molecular complexity index is 1160. The van der Waals surface area contributed by atoms with Crippen molar-refractivity contribution in [3.8, 4) is 23.0 Å². The molecule has 0 aliphatic heterocycles. The fourth-order valence-corrected chi connectivity index (χ4v) is 2.95. The minimum Gasteiger partial charge on any atom is -0.504 e. The van der Waals surface area contributed by atoms with E-state index in [9.17, 15) is 5.11 Å². The first-order chi connectivity index (χ1) is 13.6. The fourth-order valence-electron chi connectivity index (χ4n) is 2.95. The van der Waals surface area contributed by atoms with Crippen molar-refractivity contribution in [2.45, 2.75) is 13.8 Å². The van der Waals surface area contributed by atoms with Gasteiger partial charge in [0.1, 0.15) is 5.52 Å². The molecule has 0 aliphatic rings. The molecule has 0 radical (unpaired) electrons. The Labute approximate surface area is 163 Å². The van der Waals surface area contributed by atoms with Crippen LogP contribution >= 0.6 is 0 Å². The van der Waals surface area contributed by atoms with Crippen LogP contribution in [-0.2, 0) is 0 Å². The molecule has 28 heavy (non-hydrogen) atoms. The zero-order valence-electron chi connectivity index (χ0n) is 15.7. The molecule has 0 spiro atoms. The van der Waals surface area contributed by atoms with E-state index in [1.54, 1.807) is 18.3 Å². The molecule has 1 aromatic heterocycles. The topological polar surface area (TPSA) is 67.9 Å². The Morgan fingerprint density at radius 2 is 1.96 bits per heavy atom. The number of hydrogen-bond donors (Lipinski definition) is 1. The highest BCUT2D eigenvalue weighted by atomic mass is 16.5. The van der Waals surface area contributed by atoms with E-state index in [-0.39, 0.29) is 5.75 Å². The lowest BCUT2D eigenvalue weighted by Gasteiger charge is -2.07. The van der Waals surface area contributed by atoms with Crippen molar-refractivity contribution in [3.05, 3.63) is 71.8 Å². The van der Waals surface area contributed by atoms with Gasteiger partial charge < -0.3 is 14.3 Å². The molecule has 4 aromatic rings. The number of aromatic hydroxyl groups is 1. The molecule has 5 nitrogen and oxygen atoms in total. The molecule has 5 heteroatoms. The highest BCUT2D eigenvalue weighted by Gasteiger charge is 2.09. The lowest BCUT2D eigenvalue weighted by atomic mass is 10.1. The number of aliphatic imine (C=N–C) groups is 1. The molecule has 0 amide bonds. The van der Waals surface area contributed by atoms with Gasteiger partial charge in [-0.1, -0.05) is 23.8 Å². The molecular weight excluding hydrogens is 352 g/mol. The maximum Gasteiger partial charge on any atom is 0.227 e. The summed E-state index contributed by atoms with van der Waals surface area (Å²) in [4.78, 5) is 9.01. The zero-order chi connectivity index (χ0) is 19.5. The SMILES string of the molecule is CCOc1cccc(C=Nc2ccc3nc(-c4cccc(C)c4)oc3c2)c1O. The van der Waals surface area contributed by atoms with Crippen molar-refractivity contribution < 1.29 is 14.3 Å². The molecule has 0 fully saturated rings. The van der Waals surface area contributed by atoms with Gasteiger partial charge in [0, 0.05) is 23.4 Å². The standard InChI is InChI=1S/C23H20N2O3/c1-3-27-20-9-5-8-17(22(20)26)14-24-18-10-11-19-21(13-18)28-23(25-19)16-7-4-6-15(2)12-16/h4-14,26H,3H2,1-2H3. The van der Waals surface area contributed by atoms with E-state index >= 15 is 0 Å². The normalized spacial score (nSPS) is 11.4. The average molecular weight is 372 g/mol. The Hall–Kier alpha value is -3.60. The summed E-state index contributed by atoms with van der Waals surface area (Å²) in [7, 11) is 0. The maximum absolute atomic E-state index is 10.3. The number of benzene rings is 3. The van der Waals surface area contributed by atoms with E-state index in [0.717, 1.165) is 16.6 Å². The van der Waals surface area contributed by atoms with Crippen LogP contribution in [0, 0.1) is 6.92 Å². The highest BCUT2D eigenvalue weighted by Crippen LogP contribution is 2.30. The van der Waals surface area contributed by atoms with E-state index in [1.807, 2.05) is 62.4 Å². The van der Waals surface area contributed by atoms with Crippen molar-refractivity contribution in [1.82, 2.24) is 4.98 Å². The van der Waals surface area contributed by atoms with Crippen LogP contribution in [0.5, 0.6) is 11.5 Å². The largest absolute Gasteiger partial charge is 0.504 e. The molecule has 0 atom stereocenters. The predicted molar refractivity (Wildman–Crippen MR) is 111 cm³/mol. The van der Waals surface area contributed by atoms with E-state index < -0.39 is 0 Å². The minimum absolute atomic E-state index is 0.0792. The van der Waals surface area contributed by atoms with Gasteiger partial charge in [0.2, 0.25) is 5.89 Å². The second-order valence-corrected chi connectivity index (χ2v) is 6.43. The first kappa shape index (κ1) is 17.8. The van der Waals surface area contributed by atoms with Crippen LogP contribution < -0.4 is 4.74 Å². The average Bonchev–Trinajstić information content (AvgIpc) is 3.12. The molecule has 4 rings (SSSR count). The van der Waals surface area contributed by atoms with E-state index in [2.05, 4.69) is 9.98 Å². The van der Waals surface area contributed by atoms with Gasteiger partial charge in [0.15, 0.2) is 17.1 Å². The predicted octanol–water partition coefficient (Wildman–Crippen LogP) is 5.66. The number of aromatic nitrogens is 1. The number of nitrogens with zero attached hydrogens (tertiary/aromatic N) is 2. The van der Waals surface area contributed by atoms with Gasteiger partial charge >= 0.3 is 0 Å². The molecule has 0 aliphatic carbocycles. The first-order valence-corrected chi connectivity index (χ1v) is 9.10. The number of ether oxygens (including phenoxy) is 1. The van der Waals surface area contributed by atoms with Crippen molar-refractivity contribution in [2.24, 2.45) is 4.99 Å². The Balaban J connectivity index is 1.63.